The zero-order valence-electron chi connectivity index (χ0n) is 10.9. The van der Waals surface area contributed by atoms with Crippen LogP contribution in [0.5, 0.6) is 0 Å². The quantitative estimate of drug-likeness (QED) is 0.834. The Labute approximate surface area is 125 Å². The molecule has 0 saturated carbocycles. The molecule has 0 aliphatic carbocycles. The molecule has 1 amide bonds. The first-order valence-electron chi connectivity index (χ1n) is 6.18. The van der Waals surface area contributed by atoms with Gasteiger partial charge < -0.3 is 10.6 Å². The van der Waals surface area contributed by atoms with Crippen LogP contribution in [0.3, 0.4) is 0 Å². The summed E-state index contributed by atoms with van der Waals surface area (Å²) in [6.07, 6.45) is -3.21. The Bertz CT molecular complexity index is 499. The molecule has 1 atom stereocenters. The fourth-order valence-corrected chi connectivity index (χ4v) is 2.19. The maximum absolute atomic E-state index is 12.8. The van der Waals surface area contributed by atoms with Crippen LogP contribution in [0.15, 0.2) is 24.3 Å². The first kappa shape index (κ1) is 17.7. The van der Waals surface area contributed by atoms with E-state index in [9.17, 15) is 22.4 Å². The third-order valence-electron chi connectivity index (χ3n) is 3.26. The summed E-state index contributed by atoms with van der Waals surface area (Å²) in [6.45, 7) is 0.487. The fraction of sp³-hybridized carbons (Fsp3) is 0.462. The second-order valence-electron chi connectivity index (χ2n) is 4.59. The van der Waals surface area contributed by atoms with Crippen molar-refractivity contribution < 1.29 is 22.4 Å². The summed E-state index contributed by atoms with van der Waals surface area (Å²) in [6, 6.07) is 7.05. The Morgan fingerprint density at radius 3 is 2.71 bits per heavy atom. The summed E-state index contributed by atoms with van der Waals surface area (Å²) >= 11 is 0. The van der Waals surface area contributed by atoms with Crippen molar-refractivity contribution in [1.82, 2.24) is 10.6 Å². The van der Waals surface area contributed by atoms with Crippen LogP contribution in [-0.4, -0.2) is 31.3 Å². The van der Waals surface area contributed by atoms with Gasteiger partial charge >= 0.3 is 12.3 Å². The van der Waals surface area contributed by atoms with Crippen molar-refractivity contribution in [1.29, 1.82) is 0 Å². The van der Waals surface area contributed by atoms with E-state index in [0.29, 0.717) is 6.54 Å². The largest absolute Gasteiger partial charge is 0.383 e. The SMILES string of the molecule is Cl.O=C(NCC1NCCc2ccccc21)C(F)(F)C(F)F. The number of carbonyl (C=O) groups excluding carboxylic acids is 1. The van der Waals surface area contributed by atoms with Crippen LogP contribution >= 0.6 is 12.4 Å². The number of halogens is 5. The van der Waals surface area contributed by atoms with E-state index in [0.717, 1.165) is 17.5 Å². The van der Waals surface area contributed by atoms with Gasteiger partial charge in [0.05, 0.1) is 0 Å². The number of nitrogens with one attached hydrogen (secondary N) is 2. The number of alkyl halides is 4. The average Bonchev–Trinajstić information content (AvgIpc) is 2.44. The van der Waals surface area contributed by atoms with Crippen LogP contribution in [0.2, 0.25) is 0 Å². The van der Waals surface area contributed by atoms with Gasteiger partial charge in [-0.25, -0.2) is 8.78 Å². The highest BCUT2D eigenvalue weighted by atomic mass is 35.5. The molecule has 0 fully saturated rings. The van der Waals surface area contributed by atoms with Crippen molar-refractivity contribution in [3.63, 3.8) is 0 Å². The molecule has 0 spiro atoms. The number of rotatable bonds is 4. The molecule has 0 aromatic heterocycles. The van der Waals surface area contributed by atoms with Gasteiger partial charge in [-0.3, -0.25) is 4.79 Å². The molecule has 1 aliphatic heterocycles. The number of fused-ring (bicyclic) bond motifs is 1. The highest BCUT2D eigenvalue weighted by molar-refractivity contribution is 5.85. The maximum Gasteiger partial charge on any atom is 0.383 e. The normalized spacial score (nSPS) is 17.9. The molecule has 0 radical (unpaired) electrons. The number of hydrogen-bond donors (Lipinski definition) is 2. The van der Waals surface area contributed by atoms with E-state index >= 15 is 0 Å². The molecular weight excluding hydrogens is 312 g/mol. The zero-order valence-corrected chi connectivity index (χ0v) is 11.7. The van der Waals surface area contributed by atoms with Crippen LogP contribution in [-0.2, 0) is 11.2 Å². The third kappa shape index (κ3) is 3.85. The maximum atomic E-state index is 12.8. The second kappa shape index (κ2) is 7.09. The van der Waals surface area contributed by atoms with Crippen LogP contribution in [0.4, 0.5) is 17.6 Å². The second-order valence-corrected chi connectivity index (χ2v) is 4.59. The standard InChI is InChI=1S/C13H14F4N2O.ClH/c14-11(15)13(16,17)12(20)19-7-10-9-4-2-1-3-8(9)5-6-18-10;/h1-4,10-11,18H,5-7H2,(H,19,20);1H. The van der Waals surface area contributed by atoms with E-state index < -0.39 is 18.3 Å². The lowest BCUT2D eigenvalue weighted by molar-refractivity contribution is -0.169. The number of amides is 1. The molecule has 1 aromatic rings. The van der Waals surface area contributed by atoms with Gasteiger partial charge in [0.25, 0.3) is 5.91 Å². The van der Waals surface area contributed by atoms with E-state index in [-0.39, 0.29) is 25.0 Å². The highest BCUT2D eigenvalue weighted by Crippen LogP contribution is 2.24. The summed E-state index contributed by atoms with van der Waals surface area (Å²) in [4.78, 5) is 11.1. The molecule has 1 heterocycles. The minimum absolute atomic E-state index is 0. The van der Waals surface area contributed by atoms with Gasteiger partial charge in [0.2, 0.25) is 0 Å². The number of hydrogen-bond acceptors (Lipinski definition) is 2. The van der Waals surface area contributed by atoms with Crippen LogP contribution < -0.4 is 10.6 Å². The Kier molecular flexibility index (Phi) is 5.98. The summed E-state index contributed by atoms with van der Waals surface area (Å²) in [5, 5.41) is 4.95. The average molecular weight is 327 g/mol. The molecule has 3 nitrogen and oxygen atoms in total. The Balaban J connectivity index is 0.00000220. The summed E-state index contributed by atoms with van der Waals surface area (Å²) in [5.41, 5.74) is 1.95. The minimum atomic E-state index is -4.66. The summed E-state index contributed by atoms with van der Waals surface area (Å²) < 4.78 is 49.7. The molecule has 2 N–H and O–H groups in total. The van der Waals surface area contributed by atoms with Crippen molar-refractivity contribution in [2.75, 3.05) is 13.1 Å². The summed E-state index contributed by atoms with van der Waals surface area (Å²) in [5.74, 6) is -6.61. The monoisotopic (exact) mass is 326 g/mol. The highest BCUT2D eigenvalue weighted by Gasteiger charge is 2.48. The van der Waals surface area contributed by atoms with E-state index in [1.807, 2.05) is 23.5 Å². The molecule has 1 aliphatic rings. The van der Waals surface area contributed by atoms with Crippen LogP contribution in [0.25, 0.3) is 0 Å². The molecule has 2 rings (SSSR count). The third-order valence-corrected chi connectivity index (χ3v) is 3.26. The zero-order chi connectivity index (χ0) is 14.8. The van der Waals surface area contributed by atoms with E-state index in [1.165, 1.54) is 0 Å². The van der Waals surface area contributed by atoms with Crippen LogP contribution in [0.1, 0.15) is 17.2 Å². The van der Waals surface area contributed by atoms with Crippen molar-refractivity contribution in [3.05, 3.63) is 35.4 Å². The molecule has 0 bridgehead atoms. The predicted molar refractivity (Wildman–Crippen MR) is 72.1 cm³/mol. The van der Waals surface area contributed by atoms with Gasteiger partial charge in [-0.1, -0.05) is 24.3 Å². The van der Waals surface area contributed by atoms with E-state index in [4.69, 9.17) is 0 Å². The molecular formula is C13H15ClF4N2O. The van der Waals surface area contributed by atoms with Crippen molar-refractivity contribution in [3.8, 4) is 0 Å². The van der Waals surface area contributed by atoms with Gasteiger partial charge in [0.1, 0.15) is 0 Å². The Morgan fingerprint density at radius 2 is 2.05 bits per heavy atom. The fourth-order valence-electron chi connectivity index (χ4n) is 2.19. The van der Waals surface area contributed by atoms with Crippen LogP contribution in [0, 0.1) is 0 Å². The Hall–Kier alpha value is -1.34. The van der Waals surface area contributed by atoms with E-state index in [2.05, 4.69) is 5.32 Å². The number of benzene rings is 1. The molecule has 118 valence electrons. The first-order valence-corrected chi connectivity index (χ1v) is 6.18. The van der Waals surface area contributed by atoms with Gasteiger partial charge in [-0.15, -0.1) is 12.4 Å². The van der Waals surface area contributed by atoms with E-state index in [1.54, 1.807) is 6.07 Å². The Morgan fingerprint density at radius 1 is 1.38 bits per heavy atom. The minimum Gasteiger partial charge on any atom is -0.349 e. The van der Waals surface area contributed by atoms with Crippen molar-refractivity contribution in [2.45, 2.75) is 24.8 Å². The molecule has 1 aromatic carbocycles. The van der Waals surface area contributed by atoms with Gasteiger partial charge in [-0.2, -0.15) is 8.78 Å². The summed E-state index contributed by atoms with van der Waals surface area (Å²) in [7, 11) is 0. The molecule has 1 unspecified atom stereocenters. The topological polar surface area (TPSA) is 41.1 Å². The van der Waals surface area contributed by atoms with Gasteiger partial charge in [-0.05, 0) is 24.1 Å². The van der Waals surface area contributed by atoms with Gasteiger partial charge in [0.15, 0.2) is 0 Å². The first-order chi connectivity index (χ1) is 9.43. The number of carbonyl (C=O) groups is 1. The van der Waals surface area contributed by atoms with Crippen molar-refractivity contribution in [2.24, 2.45) is 0 Å². The smallest absolute Gasteiger partial charge is 0.349 e. The molecule has 0 saturated heterocycles. The lowest BCUT2D eigenvalue weighted by Gasteiger charge is -2.27. The molecule has 8 heteroatoms. The molecule has 21 heavy (non-hydrogen) atoms. The predicted octanol–water partition coefficient (Wildman–Crippen LogP) is 2.31. The lowest BCUT2D eigenvalue weighted by atomic mass is 9.94. The van der Waals surface area contributed by atoms with Gasteiger partial charge in [0, 0.05) is 12.6 Å². The lowest BCUT2D eigenvalue weighted by Crippen LogP contribution is -2.48. The van der Waals surface area contributed by atoms with Crippen molar-refractivity contribution >= 4 is 18.3 Å².